The van der Waals surface area contributed by atoms with E-state index in [0.29, 0.717) is 12.0 Å². The van der Waals surface area contributed by atoms with Crippen molar-refractivity contribution >= 4 is 28.8 Å². The number of imide groups is 1. The highest BCUT2D eigenvalue weighted by Gasteiger charge is 2.47. The number of benzene rings is 1. The fraction of sp³-hybridized carbons (Fsp3) is 0.368. The summed E-state index contributed by atoms with van der Waals surface area (Å²) in [7, 11) is 0. The first-order valence-corrected chi connectivity index (χ1v) is 9.98. The summed E-state index contributed by atoms with van der Waals surface area (Å²) in [5.41, 5.74) is 1.14. The number of amides is 2. The highest BCUT2D eigenvalue weighted by molar-refractivity contribution is 7.10. The number of carbonyl (C=O) groups excluding carboxylic acids is 2. The summed E-state index contributed by atoms with van der Waals surface area (Å²) < 4.78 is 0. The predicted octanol–water partition coefficient (Wildman–Crippen LogP) is 1.80. The molecule has 1 aliphatic carbocycles. The van der Waals surface area contributed by atoms with E-state index >= 15 is 0 Å². The summed E-state index contributed by atoms with van der Waals surface area (Å²) in [4.78, 5) is 40.2. The van der Waals surface area contributed by atoms with Gasteiger partial charge < -0.3 is 4.90 Å². The van der Waals surface area contributed by atoms with E-state index in [2.05, 4.69) is 11.4 Å². The average molecular weight is 384 g/mol. The van der Waals surface area contributed by atoms with Gasteiger partial charge in [-0.15, -0.1) is 11.3 Å². The third-order valence-corrected chi connectivity index (χ3v) is 6.85. The number of carbonyl (C=O) groups is 2. The number of fused-ring (bicyclic) bond motifs is 2. The molecule has 2 atom stereocenters. The Hall–Kier alpha value is -2.58. The molecule has 5 rings (SSSR count). The molecule has 1 aromatic carbocycles. The Bertz CT molecular complexity index is 981. The Morgan fingerprint density at radius 1 is 1.22 bits per heavy atom. The molecule has 0 bridgehead atoms. The largest absolute Gasteiger partial charge is 0.311 e. The van der Waals surface area contributed by atoms with Gasteiger partial charge in [0.2, 0.25) is 0 Å². The zero-order valence-electron chi connectivity index (χ0n) is 14.5. The van der Waals surface area contributed by atoms with Crippen LogP contribution in [-0.4, -0.2) is 34.9 Å². The van der Waals surface area contributed by atoms with Crippen LogP contribution in [0.3, 0.4) is 0 Å². The molecule has 0 saturated heterocycles. The number of nitro benzene ring substituents is 1. The minimum Gasteiger partial charge on any atom is -0.311 e. The maximum atomic E-state index is 12.9. The molecule has 2 amide bonds. The molecular weight excluding hydrogens is 366 g/mol. The quantitative estimate of drug-likeness (QED) is 0.495. The van der Waals surface area contributed by atoms with Crippen LogP contribution in [0.15, 0.2) is 29.6 Å². The predicted molar refractivity (Wildman–Crippen MR) is 97.8 cm³/mol. The maximum Gasteiger partial charge on any atom is 0.282 e. The second-order valence-corrected chi connectivity index (χ2v) is 8.43. The maximum absolute atomic E-state index is 12.9. The SMILES string of the molecule is O=C1c2cccc([N+](=O)[O-])c2C(=O)N1C[NH+]1CCc2sccc2[C@@H]1C1CC1. The van der Waals surface area contributed by atoms with Gasteiger partial charge in [-0.05, 0) is 30.4 Å². The van der Waals surface area contributed by atoms with Gasteiger partial charge in [0.05, 0.1) is 17.0 Å². The fourth-order valence-electron chi connectivity index (χ4n) is 4.49. The summed E-state index contributed by atoms with van der Waals surface area (Å²) in [5, 5.41) is 13.4. The number of nitrogens with zero attached hydrogens (tertiary/aromatic N) is 2. The average Bonchev–Trinajstić information content (AvgIpc) is 3.34. The lowest BCUT2D eigenvalue weighted by Gasteiger charge is -2.34. The van der Waals surface area contributed by atoms with Crippen molar-refractivity contribution < 1.29 is 19.4 Å². The summed E-state index contributed by atoms with van der Waals surface area (Å²) in [5.74, 6) is -0.365. The zero-order chi connectivity index (χ0) is 18.7. The Labute approximate surface area is 159 Å². The highest BCUT2D eigenvalue weighted by atomic mass is 32.1. The van der Waals surface area contributed by atoms with Crippen molar-refractivity contribution in [2.75, 3.05) is 13.2 Å². The normalized spacial score (nSPS) is 24.1. The molecular formula is C19H18N3O4S+. The van der Waals surface area contributed by atoms with Crippen molar-refractivity contribution in [1.82, 2.24) is 4.90 Å². The first-order valence-electron chi connectivity index (χ1n) is 9.10. The van der Waals surface area contributed by atoms with E-state index in [1.54, 1.807) is 11.3 Å². The van der Waals surface area contributed by atoms with Crippen molar-refractivity contribution in [3.05, 3.63) is 61.3 Å². The fourth-order valence-corrected chi connectivity index (χ4v) is 5.42. The first kappa shape index (κ1) is 16.6. The molecule has 1 fully saturated rings. The van der Waals surface area contributed by atoms with Gasteiger partial charge in [0.15, 0.2) is 6.67 Å². The zero-order valence-corrected chi connectivity index (χ0v) is 15.3. The van der Waals surface area contributed by atoms with E-state index in [4.69, 9.17) is 0 Å². The van der Waals surface area contributed by atoms with Crippen molar-refractivity contribution in [2.24, 2.45) is 5.92 Å². The van der Waals surface area contributed by atoms with Gasteiger partial charge in [0, 0.05) is 28.8 Å². The van der Waals surface area contributed by atoms with Crippen LogP contribution < -0.4 is 4.90 Å². The third kappa shape index (κ3) is 2.51. The van der Waals surface area contributed by atoms with E-state index < -0.39 is 16.7 Å². The molecule has 3 aliphatic rings. The molecule has 3 heterocycles. The topological polar surface area (TPSA) is 85.0 Å². The number of thiophene rings is 1. The van der Waals surface area contributed by atoms with Gasteiger partial charge >= 0.3 is 0 Å². The van der Waals surface area contributed by atoms with Crippen molar-refractivity contribution in [2.45, 2.75) is 25.3 Å². The number of hydrogen-bond acceptors (Lipinski definition) is 5. The van der Waals surface area contributed by atoms with Crippen LogP contribution in [-0.2, 0) is 6.42 Å². The van der Waals surface area contributed by atoms with Crippen molar-refractivity contribution in [1.29, 1.82) is 0 Å². The monoisotopic (exact) mass is 384 g/mol. The van der Waals surface area contributed by atoms with Gasteiger partial charge in [-0.1, -0.05) is 6.07 Å². The summed E-state index contributed by atoms with van der Waals surface area (Å²) >= 11 is 1.78. The Balaban J connectivity index is 1.46. The van der Waals surface area contributed by atoms with Crippen LogP contribution in [0, 0.1) is 16.0 Å². The van der Waals surface area contributed by atoms with Gasteiger partial charge in [-0.2, -0.15) is 0 Å². The summed E-state index contributed by atoms with van der Waals surface area (Å²) in [6.45, 7) is 1.13. The molecule has 0 spiro atoms. The van der Waals surface area contributed by atoms with E-state index in [0.717, 1.165) is 13.0 Å². The minimum atomic E-state index is -0.591. The third-order valence-electron chi connectivity index (χ3n) is 5.86. The lowest BCUT2D eigenvalue weighted by atomic mass is 9.96. The molecule has 1 unspecified atom stereocenters. The molecule has 0 radical (unpaired) electrons. The molecule has 1 saturated carbocycles. The number of hydrogen-bond donors (Lipinski definition) is 1. The lowest BCUT2D eigenvalue weighted by molar-refractivity contribution is -0.942. The van der Waals surface area contributed by atoms with E-state index in [1.165, 1.54) is 51.3 Å². The minimum absolute atomic E-state index is 0.0666. The Kier molecular flexibility index (Phi) is 3.66. The summed E-state index contributed by atoms with van der Waals surface area (Å²) in [6.07, 6.45) is 3.29. The molecule has 1 aromatic heterocycles. The Morgan fingerprint density at radius 3 is 2.78 bits per heavy atom. The number of nitro groups is 1. The van der Waals surface area contributed by atoms with E-state index in [9.17, 15) is 19.7 Å². The van der Waals surface area contributed by atoms with Gasteiger partial charge in [0.1, 0.15) is 11.6 Å². The number of quaternary nitrogens is 1. The molecule has 2 aliphatic heterocycles. The molecule has 27 heavy (non-hydrogen) atoms. The van der Waals surface area contributed by atoms with Crippen molar-refractivity contribution in [3.8, 4) is 0 Å². The van der Waals surface area contributed by atoms with E-state index in [1.807, 2.05) is 0 Å². The standard InChI is InChI=1S/C19H17N3O4S/c23-18-13-2-1-3-14(22(25)26)16(13)19(24)21(18)10-20-8-6-15-12(7-9-27-15)17(20)11-4-5-11/h1-3,7,9,11,17H,4-6,8,10H2/p+1/t17-/m0/s1. The van der Waals surface area contributed by atoms with Crippen LogP contribution in [0.5, 0.6) is 0 Å². The molecule has 2 aromatic rings. The second kappa shape index (κ2) is 5.97. The molecule has 138 valence electrons. The molecule has 1 N–H and O–H groups in total. The van der Waals surface area contributed by atoms with Crippen LogP contribution in [0.25, 0.3) is 0 Å². The Morgan fingerprint density at radius 2 is 2.04 bits per heavy atom. The van der Waals surface area contributed by atoms with Crippen LogP contribution in [0.2, 0.25) is 0 Å². The first-order chi connectivity index (χ1) is 13.1. The van der Waals surface area contributed by atoms with Crippen molar-refractivity contribution in [3.63, 3.8) is 0 Å². The lowest BCUT2D eigenvalue weighted by Crippen LogP contribution is -3.15. The second-order valence-electron chi connectivity index (χ2n) is 7.43. The number of rotatable bonds is 4. The van der Waals surface area contributed by atoms with Crippen LogP contribution >= 0.6 is 11.3 Å². The summed E-state index contributed by atoms with van der Waals surface area (Å²) in [6, 6.07) is 6.73. The van der Waals surface area contributed by atoms with Crippen LogP contribution in [0.4, 0.5) is 5.69 Å². The van der Waals surface area contributed by atoms with Gasteiger partial charge in [-0.25, -0.2) is 4.90 Å². The number of nitrogens with one attached hydrogen (secondary N) is 1. The smallest absolute Gasteiger partial charge is 0.282 e. The molecule has 8 heteroatoms. The van der Waals surface area contributed by atoms with E-state index in [-0.39, 0.29) is 23.5 Å². The highest BCUT2D eigenvalue weighted by Crippen LogP contribution is 2.42. The van der Waals surface area contributed by atoms with Crippen LogP contribution in [0.1, 0.15) is 50.0 Å². The van der Waals surface area contributed by atoms with Gasteiger partial charge in [-0.3, -0.25) is 19.7 Å². The van der Waals surface area contributed by atoms with Gasteiger partial charge in [0.25, 0.3) is 17.5 Å². The molecule has 7 nitrogen and oxygen atoms in total.